The van der Waals surface area contributed by atoms with Gasteiger partial charge < -0.3 is 4.74 Å². The zero-order chi connectivity index (χ0) is 14.8. The van der Waals surface area contributed by atoms with Crippen molar-refractivity contribution < 1.29 is 9.53 Å². The quantitative estimate of drug-likeness (QED) is 0.526. The average molecular weight is 350 g/mol. The lowest BCUT2D eigenvalue weighted by Gasteiger charge is -2.10. The van der Waals surface area contributed by atoms with Crippen LogP contribution in [0.4, 0.5) is 0 Å². The first kappa shape index (κ1) is 15.5. The number of Topliss-reactive ketones (excluding diaryl/α,β-unsaturated/α-hetero) is 1. The third-order valence-electron chi connectivity index (χ3n) is 2.42. The van der Waals surface area contributed by atoms with E-state index < -0.39 is 9.58 Å². The van der Waals surface area contributed by atoms with E-state index in [0.29, 0.717) is 22.1 Å². The van der Waals surface area contributed by atoms with E-state index in [2.05, 4.69) is 0 Å². The molecule has 0 aromatic heterocycles. The summed E-state index contributed by atoms with van der Waals surface area (Å²) in [5.41, 5.74) is 0.299. The number of ketones is 1. The number of ether oxygens (including phenoxy) is 1. The molecule has 6 heteroatoms. The lowest BCUT2D eigenvalue weighted by molar-refractivity contribution is 0.0996. The topological polar surface area (TPSA) is 26.3 Å². The molecule has 2 nitrogen and oxygen atoms in total. The van der Waals surface area contributed by atoms with Crippen LogP contribution in [0.5, 0.6) is 11.5 Å². The molecule has 2 rings (SSSR count). The lowest BCUT2D eigenvalue weighted by atomic mass is 10.1. The summed E-state index contributed by atoms with van der Waals surface area (Å²) >= 11 is 22.4. The molecule has 2 aromatic rings. The molecule has 0 saturated carbocycles. The van der Waals surface area contributed by atoms with E-state index in [1.165, 1.54) is 12.1 Å². The van der Waals surface area contributed by atoms with Crippen LogP contribution < -0.4 is 4.74 Å². The minimum absolute atomic E-state index is 0.299. The van der Waals surface area contributed by atoms with Crippen LogP contribution in [0.1, 0.15) is 10.4 Å². The van der Waals surface area contributed by atoms with Crippen LogP contribution in [-0.4, -0.2) is 9.58 Å². The highest BCUT2D eigenvalue weighted by atomic mass is 35.6. The van der Waals surface area contributed by atoms with Gasteiger partial charge in [0.1, 0.15) is 11.5 Å². The fourth-order valence-corrected chi connectivity index (χ4v) is 1.93. The van der Waals surface area contributed by atoms with Crippen molar-refractivity contribution in [3.05, 3.63) is 59.1 Å². The van der Waals surface area contributed by atoms with E-state index in [0.717, 1.165) is 0 Å². The van der Waals surface area contributed by atoms with Gasteiger partial charge >= 0.3 is 0 Å². The second kappa shape index (κ2) is 6.23. The van der Waals surface area contributed by atoms with Crippen LogP contribution in [0, 0.1) is 0 Å². The van der Waals surface area contributed by atoms with Crippen molar-refractivity contribution in [2.75, 3.05) is 0 Å². The second-order valence-electron chi connectivity index (χ2n) is 3.91. The number of benzene rings is 2. The summed E-state index contributed by atoms with van der Waals surface area (Å²) in [6, 6.07) is 13.2. The number of rotatable bonds is 3. The number of halogens is 4. The van der Waals surface area contributed by atoms with Crippen molar-refractivity contribution in [1.29, 1.82) is 0 Å². The third kappa shape index (κ3) is 4.03. The van der Waals surface area contributed by atoms with Gasteiger partial charge in [0.25, 0.3) is 3.79 Å². The molecule has 0 spiro atoms. The smallest absolute Gasteiger partial charge is 0.253 e. The normalized spacial score (nSPS) is 11.2. The standard InChI is InChI=1S/C14H8Cl4O2/c15-10-3-7-12(8-4-10)20-11-5-1-9(2-6-11)13(19)14(16,17)18/h1-8H. The van der Waals surface area contributed by atoms with Crippen molar-refractivity contribution in [2.24, 2.45) is 0 Å². The van der Waals surface area contributed by atoms with Gasteiger partial charge in [-0.25, -0.2) is 0 Å². The number of hydrogen-bond acceptors (Lipinski definition) is 2. The minimum atomic E-state index is -1.96. The SMILES string of the molecule is O=C(c1ccc(Oc2ccc(Cl)cc2)cc1)C(Cl)(Cl)Cl. The molecule has 0 N–H and O–H groups in total. The van der Waals surface area contributed by atoms with Crippen LogP contribution >= 0.6 is 46.4 Å². The fraction of sp³-hybridized carbons (Fsp3) is 0.0714. The first-order chi connectivity index (χ1) is 9.36. The number of carbonyl (C=O) groups excluding carboxylic acids is 1. The predicted molar refractivity (Wildman–Crippen MR) is 82.6 cm³/mol. The Balaban J connectivity index is 2.12. The molecule has 0 atom stereocenters. The molecule has 0 aliphatic heterocycles. The van der Waals surface area contributed by atoms with Crippen molar-refractivity contribution in [3.63, 3.8) is 0 Å². The number of hydrogen-bond donors (Lipinski definition) is 0. The maximum Gasteiger partial charge on any atom is 0.253 e. The summed E-state index contributed by atoms with van der Waals surface area (Å²) in [5.74, 6) is 0.614. The molecule has 0 heterocycles. The number of carbonyl (C=O) groups is 1. The van der Waals surface area contributed by atoms with Gasteiger partial charge in [-0.3, -0.25) is 4.79 Å². The zero-order valence-electron chi connectivity index (χ0n) is 9.95. The third-order valence-corrected chi connectivity index (χ3v) is 3.19. The maximum absolute atomic E-state index is 11.7. The van der Waals surface area contributed by atoms with E-state index in [4.69, 9.17) is 51.1 Å². The summed E-state index contributed by atoms with van der Waals surface area (Å²) in [4.78, 5) is 11.7. The number of alkyl halides is 3. The van der Waals surface area contributed by atoms with Gasteiger partial charge in [-0.15, -0.1) is 0 Å². The average Bonchev–Trinajstić information content (AvgIpc) is 2.40. The van der Waals surface area contributed by atoms with Crippen molar-refractivity contribution >= 4 is 52.2 Å². The van der Waals surface area contributed by atoms with Crippen molar-refractivity contribution in [3.8, 4) is 11.5 Å². The Morgan fingerprint density at radius 3 is 1.75 bits per heavy atom. The first-order valence-corrected chi connectivity index (χ1v) is 7.02. The van der Waals surface area contributed by atoms with E-state index in [-0.39, 0.29) is 0 Å². The Hall–Kier alpha value is -0.930. The molecule has 0 aliphatic rings. The van der Waals surface area contributed by atoms with E-state index >= 15 is 0 Å². The highest BCUT2D eigenvalue weighted by Crippen LogP contribution is 2.31. The Morgan fingerprint density at radius 1 is 0.850 bits per heavy atom. The summed E-state index contributed by atoms with van der Waals surface area (Å²) in [5, 5.41) is 0.626. The van der Waals surface area contributed by atoms with E-state index in [9.17, 15) is 4.79 Å². The molecule has 0 amide bonds. The molecule has 20 heavy (non-hydrogen) atoms. The van der Waals surface area contributed by atoms with Gasteiger partial charge in [0, 0.05) is 10.6 Å². The van der Waals surface area contributed by atoms with E-state index in [1.807, 2.05) is 0 Å². The largest absolute Gasteiger partial charge is 0.457 e. The summed E-state index contributed by atoms with van der Waals surface area (Å²) in [7, 11) is 0. The Bertz CT molecular complexity index is 601. The van der Waals surface area contributed by atoms with Crippen LogP contribution in [0.25, 0.3) is 0 Å². The Labute approximate surface area is 136 Å². The first-order valence-electron chi connectivity index (χ1n) is 5.51. The Kier molecular flexibility index (Phi) is 4.82. The lowest BCUT2D eigenvalue weighted by Crippen LogP contribution is -2.18. The molecule has 0 aliphatic carbocycles. The molecule has 104 valence electrons. The van der Waals surface area contributed by atoms with Crippen LogP contribution in [-0.2, 0) is 0 Å². The molecule has 2 aromatic carbocycles. The molecule has 0 bridgehead atoms. The monoisotopic (exact) mass is 348 g/mol. The molecule has 0 unspecified atom stereocenters. The van der Waals surface area contributed by atoms with Crippen LogP contribution in [0.2, 0.25) is 5.02 Å². The van der Waals surface area contributed by atoms with Gasteiger partial charge in [0.2, 0.25) is 5.78 Å². The van der Waals surface area contributed by atoms with Gasteiger partial charge in [-0.05, 0) is 48.5 Å². The molecular formula is C14H8Cl4O2. The fourth-order valence-electron chi connectivity index (χ4n) is 1.48. The van der Waals surface area contributed by atoms with Crippen LogP contribution in [0.15, 0.2) is 48.5 Å². The predicted octanol–water partition coefficient (Wildman–Crippen LogP) is 5.69. The molecule has 0 radical (unpaired) electrons. The highest BCUT2D eigenvalue weighted by Gasteiger charge is 2.31. The summed E-state index contributed by atoms with van der Waals surface area (Å²) in [6.07, 6.45) is 0. The summed E-state index contributed by atoms with van der Waals surface area (Å²) < 4.78 is 3.63. The summed E-state index contributed by atoms with van der Waals surface area (Å²) in [6.45, 7) is 0. The molecule has 0 saturated heterocycles. The van der Waals surface area contributed by atoms with Gasteiger partial charge in [0.05, 0.1) is 0 Å². The minimum Gasteiger partial charge on any atom is -0.457 e. The Morgan fingerprint density at radius 2 is 1.30 bits per heavy atom. The second-order valence-corrected chi connectivity index (χ2v) is 6.62. The highest BCUT2D eigenvalue weighted by molar-refractivity contribution is 6.77. The van der Waals surface area contributed by atoms with Gasteiger partial charge in [-0.2, -0.15) is 0 Å². The zero-order valence-corrected chi connectivity index (χ0v) is 13.0. The van der Waals surface area contributed by atoms with E-state index in [1.54, 1.807) is 36.4 Å². The van der Waals surface area contributed by atoms with Gasteiger partial charge in [-0.1, -0.05) is 46.4 Å². The van der Waals surface area contributed by atoms with Crippen LogP contribution in [0.3, 0.4) is 0 Å². The molecule has 0 fully saturated rings. The molecular weight excluding hydrogens is 342 g/mol. The van der Waals surface area contributed by atoms with Crippen molar-refractivity contribution in [2.45, 2.75) is 3.79 Å². The van der Waals surface area contributed by atoms with Gasteiger partial charge in [0.15, 0.2) is 0 Å². The van der Waals surface area contributed by atoms with Crippen molar-refractivity contribution in [1.82, 2.24) is 0 Å². The maximum atomic E-state index is 11.7.